The van der Waals surface area contributed by atoms with Gasteiger partial charge in [-0.2, -0.15) is 8.42 Å². The molecule has 0 atom stereocenters. The lowest BCUT2D eigenvalue weighted by Gasteiger charge is -2.07. The van der Waals surface area contributed by atoms with E-state index in [0.717, 1.165) is 0 Å². The molecule has 2 rings (SSSR count). The van der Waals surface area contributed by atoms with Gasteiger partial charge in [0.1, 0.15) is 5.52 Å². The molecule has 96 valence electrons. The van der Waals surface area contributed by atoms with E-state index in [0.29, 0.717) is 16.8 Å². The molecule has 0 bridgehead atoms. The van der Waals surface area contributed by atoms with Gasteiger partial charge in [0.2, 0.25) is 11.9 Å². The number of methoxy groups -OCH3 is 1. The average Bonchev–Trinajstić information content (AvgIpc) is 2.38. The summed E-state index contributed by atoms with van der Waals surface area (Å²) in [6, 6.07) is 6.48. The number of pyridine rings is 1. The Morgan fingerprint density at radius 2 is 2.06 bits per heavy atom. The molecule has 18 heavy (non-hydrogen) atoms. The normalized spacial score (nSPS) is 11.4. The zero-order valence-electron chi connectivity index (χ0n) is 9.46. The molecule has 0 aliphatic carbocycles. The lowest BCUT2D eigenvalue weighted by atomic mass is 10.2. The van der Waals surface area contributed by atoms with E-state index in [2.05, 4.69) is 9.17 Å². The summed E-state index contributed by atoms with van der Waals surface area (Å²) in [5.74, 6) is 0.292. The van der Waals surface area contributed by atoms with E-state index in [9.17, 15) is 12.8 Å². The van der Waals surface area contributed by atoms with Crippen LogP contribution in [0, 0.1) is 0 Å². The molecule has 0 radical (unpaired) electrons. The molecule has 7 heteroatoms. The molecule has 0 aliphatic heterocycles. The molecule has 0 unspecified atom stereocenters. The topological polar surface area (TPSA) is 65.5 Å². The number of benzene rings is 1. The molecular formula is C11H10FNO4S. The Hall–Kier alpha value is -1.89. The number of hydrogen-bond acceptors (Lipinski definition) is 5. The largest absolute Gasteiger partial charge is 0.481 e. The van der Waals surface area contributed by atoms with Crippen molar-refractivity contribution in [2.75, 3.05) is 13.1 Å². The Morgan fingerprint density at radius 1 is 1.28 bits per heavy atom. The minimum absolute atomic E-state index is 0.0240. The fourth-order valence-corrected chi connectivity index (χ4v) is 1.89. The number of ether oxygens (including phenoxy) is 1. The monoisotopic (exact) mass is 271 g/mol. The van der Waals surface area contributed by atoms with Crippen LogP contribution in [0.5, 0.6) is 11.6 Å². The molecule has 1 aromatic heterocycles. The maximum atomic E-state index is 12.2. The summed E-state index contributed by atoms with van der Waals surface area (Å²) >= 11 is 0. The van der Waals surface area contributed by atoms with Crippen LogP contribution < -0.4 is 8.92 Å². The predicted molar refractivity (Wildman–Crippen MR) is 63.8 cm³/mol. The van der Waals surface area contributed by atoms with Crippen LogP contribution in [0.15, 0.2) is 30.3 Å². The van der Waals surface area contributed by atoms with E-state index in [1.165, 1.54) is 13.2 Å². The van der Waals surface area contributed by atoms with Crippen LogP contribution in [0.4, 0.5) is 4.39 Å². The molecule has 0 spiro atoms. The third-order valence-electron chi connectivity index (χ3n) is 2.22. The summed E-state index contributed by atoms with van der Waals surface area (Å²) in [5, 5.41) is 0.669. The van der Waals surface area contributed by atoms with Gasteiger partial charge in [0.05, 0.1) is 7.11 Å². The van der Waals surface area contributed by atoms with Crippen molar-refractivity contribution in [1.82, 2.24) is 4.98 Å². The number of hydrogen-bond donors (Lipinski definition) is 0. The van der Waals surface area contributed by atoms with Crippen molar-refractivity contribution >= 4 is 21.0 Å². The highest BCUT2D eigenvalue weighted by Crippen LogP contribution is 2.27. The van der Waals surface area contributed by atoms with Gasteiger partial charge in [-0.3, -0.25) is 0 Å². The first-order valence-electron chi connectivity index (χ1n) is 4.97. The summed E-state index contributed by atoms with van der Waals surface area (Å²) in [6.07, 6.45) is 0. The first-order chi connectivity index (χ1) is 8.55. The zero-order valence-corrected chi connectivity index (χ0v) is 10.3. The molecule has 0 saturated carbocycles. The molecule has 0 N–H and O–H groups in total. The minimum atomic E-state index is -4.23. The fourth-order valence-electron chi connectivity index (χ4n) is 1.44. The minimum Gasteiger partial charge on any atom is -0.481 e. The van der Waals surface area contributed by atoms with E-state index in [-0.39, 0.29) is 5.75 Å². The van der Waals surface area contributed by atoms with E-state index in [1.807, 2.05) is 0 Å². The third-order valence-corrected chi connectivity index (χ3v) is 2.92. The van der Waals surface area contributed by atoms with Gasteiger partial charge in [-0.25, -0.2) is 9.37 Å². The van der Waals surface area contributed by atoms with Crippen LogP contribution in [0.1, 0.15) is 0 Å². The van der Waals surface area contributed by atoms with Crippen LogP contribution in [-0.4, -0.2) is 26.5 Å². The molecular weight excluding hydrogens is 261 g/mol. The molecule has 0 fully saturated rings. The first-order valence-corrected chi connectivity index (χ1v) is 6.55. The van der Waals surface area contributed by atoms with Crippen molar-refractivity contribution in [3.05, 3.63) is 30.3 Å². The van der Waals surface area contributed by atoms with Crippen molar-refractivity contribution in [2.45, 2.75) is 0 Å². The van der Waals surface area contributed by atoms with Crippen molar-refractivity contribution in [3.8, 4) is 11.6 Å². The second-order valence-electron chi connectivity index (χ2n) is 3.43. The number of fused-ring (bicyclic) bond motifs is 1. The number of alkyl halides is 1. The molecule has 0 amide bonds. The summed E-state index contributed by atoms with van der Waals surface area (Å²) in [4.78, 5) is 4.08. The average molecular weight is 271 g/mol. The van der Waals surface area contributed by atoms with Gasteiger partial charge in [-0.15, -0.1) is 0 Å². The lowest BCUT2D eigenvalue weighted by molar-refractivity contribution is 0.399. The van der Waals surface area contributed by atoms with Gasteiger partial charge >= 0.3 is 10.1 Å². The standard InChI is InChI=1S/C11H10FNO4S/c1-16-10-6-5-8-3-2-4-9(11(8)13-10)17-18(14,15)7-12/h2-6H,7H2,1H3. The number of halogens is 1. The van der Waals surface area contributed by atoms with Gasteiger partial charge in [0.15, 0.2) is 5.75 Å². The molecule has 5 nitrogen and oxygen atoms in total. The maximum Gasteiger partial charge on any atom is 0.339 e. The second-order valence-corrected chi connectivity index (χ2v) is 4.93. The van der Waals surface area contributed by atoms with E-state index >= 15 is 0 Å². The lowest BCUT2D eigenvalue weighted by Crippen LogP contribution is -2.11. The highest BCUT2D eigenvalue weighted by molar-refractivity contribution is 7.86. The van der Waals surface area contributed by atoms with Crippen molar-refractivity contribution in [1.29, 1.82) is 0 Å². The first kappa shape index (κ1) is 12.6. The fraction of sp³-hybridized carbons (Fsp3) is 0.182. The van der Waals surface area contributed by atoms with Crippen LogP contribution in [0.2, 0.25) is 0 Å². The summed E-state index contributed by atoms with van der Waals surface area (Å²) < 4.78 is 44.1. The molecule has 0 aliphatic rings. The Bertz CT molecular complexity index is 672. The highest BCUT2D eigenvalue weighted by Gasteiger charge is 2.15. The number of rotatable bonds is 4. The van der Waals surface area contributed by atoms with Crippen LogP contribution in [0.3, 0.4) is 0 Å². The van der Waals surface area contributed by atoms with Crippen molar-refractivity contribution in [2.24, 2.45) is 0 Å². The Kier molecular flexibility index (Phi) is 3.33. The highest BCUT2D eigenvalue weighted by atomic mass is 32.2. The van der Waals surface area contributed by atoms with Crippen LogP contribution >= 0.6 is 0 Å². The Morgan fingerprint density at radius 3 is 2.72 bits per heavy atom. The molecule has 0 saturated heterocycles. The Labute approximate surface area is 103 Å². The third kappa shape index (κ3) is 2.51. The Balaban J connectivity index is 2.56. The smallest absolute Gasteiger partial charge is 0.339 e. The van der Waals surface area contributed by atoms with E-state index in [4.69, 9.17) is 4.74 Å². The van der Waals surface area contributed by atoms with Crippen molar-refractivity contribution < 1.29 is 21.7 Å². The molecule has 2 aromatic rings. The number of nitrogens with zero attached hydrogens (tertiary/aromatic N) is 1. The van der Waals surface area contributed by atoms with Crippen molar-refractivity contribution in [3.63, 3.8) is 0 Å². The second kappa shape index (κ2) is 4.77. The maximum absolute atomic E-state index is 12.2. The predicted octanol–water partition coefficient (Wildman–Crippen LogP) is 1.88. The number of para-hydroxylation sites is 1. The summed E-state index contributed by atoms with van der Waals surface area (Å²) in [7, 11) is -2.79. The number of aromatic nitrogens is 1. The van der Waals surface area contributed by atoms with Gasteiger partial charge in [0.25, 0.3) is 0 Å². The quantitative estimate of drug-likeness (QED) is 0.794. The molecule has 1 heterocycles. The van der Waals surface area contributed by atoms with E-state index in [1.54, 1.807) is 24.3 Å². The van der Waals surface area contributed by atoms with Crippen LogP contribution in [-0.2, 0) is 10.1 Å². The molecule has 1 aromatic carbocycles. The van der Waals surface area contributed by atoms with Gasteiger partial charge in [-0.1, -0.05) is 12.1 Å². The zero-order chi connectivity index (χ0) is 13.2. The van der Waals surface area contributed by atoms with Crippen LogP contribution in [0.25, 0.3) is 10.9 Å². The SMILES string of the molecule is COc1ccc2cccc(OS(=O)(=O)CF)c2n1. The van der Waals surface area contributed by atoms with Gasteiger partial charge < -0.3 is 8.92 Å². The summed E-state index contributed by atoms with van der Waals surface area (Å²) in [6.45, 7) is 0. The van der Waals surface area contributed by atoms with E-state index < -0.39 is 16.1 Å². The van der Waals surface area contributed by atoms with Gasteiger partial charge in [0, 0.05) is 11.5 Å². The summed E-state index contributed by atoms with van der Waals surface area (Å²) in [5.41, 5.74) is 0.300. The van der Waals surface area contributed by atoms with Gasteiger partial charge in [-0.05, 0) is 12.1 Å².